The first-order valence-corrected chi connectivity index (χ1v) is 9.23. The van der Waals surface area contributed by atoms with Crippen molar-refractivity contribution in [2.45, 2.75) is 18.2 Å². The predicted molar refractivity (Wildman–Crippen MR) is 101 cm³/mol. The minimum atomic E-state index is 0.832. The molecular formula is C19H21N3OS. The SMILES string of the molecule is CCCNc1cc(-c2ncc[nH]2)cc(SC)c1Oc1ccccc1. The Morgan fingerprint density at radius 3 is 2.71 bits per heavy atom. The van der Waals surface area contributed by atoms with Crippen molar-refractivity contribution in [2.24, 2.45) is 0 Å². The van der Waals surface area contributed by atoms with Crippen LogP contribution in [0.3, 0.4) is 0 Å². The number of ether oxygens (including phenoxy) is 1. The number of hydrogen-bond acceptors (Lipinski definition) is 4. The summed E-state index contributed by atoms with van der Waals surface area (Å²) >= 11 is 1.67. The van der Waals surface area contributed by atoms with Crippen molar-refractivity contribution in [3.8, 4) is 22.9 Å². The van der Waals surface area contributed by atoms with E-state index in [4.69, 9.17) is 4.74 Å². The number of H-pyrrole nitrogens is 1. The van der Waals surface area contributed by atoms with Gasteiger partial charge in [0.05, 0.1) is 10.6 Å². The summed E-state index contributed by atoms with van der Waals surface area (Å²) in [6.45, 7) is 3.04. The van der Waals surface area contributed by atoms with Gasteiger partial charge in [-0.2, -0.15) is 0 Å². The molecule has 0 amide bonds. The van der Waals surface area contributed by atoms with Gasteiger partial charge in [0.15, 0.2) is 5.75 Å². The maximum absolute atomic E-state index is 6.19. The Balaban J connectivity index is 2.04. The number of aromatic amines is 1. The van der Waals surface area contributed by atoms with E-state index >= 15 is 0 Å². The van der Waals surface area contributed by atoms with Gasteiger partial charge in [-0.25, -0.2) is 4.98 Å². The summed E-state index contributed by atoms with van der Waals surface area (Å²) in [6.07, 6.45) is 6.70. The molecule has 1 heterocycles. The number of nitrogens with zero attached hydrogens (tertiary/aromatic N) is 1. The van der Waals surface area contributed by atoms with E-state index in [1.54, 1.807) is 18.0 Å². The van der Waals surface area contributed by atoms with E-state index in [0.717, 1.165) is 46.4 Å². The van der Waals surface area contributed by atoms with Gasteiger partial charge in [-0.3, -0.25) is 0 Å². The molecule has 0 aliphatic heterocycles. The second-order valence-corrected chi connectivity index (χ2v) is 6.18. The molecule has 0 aliphatic carbocycles. The summed E-state index contributed by atoms with van der Waals surface area (Å²) in [5, 5.41) is 3.48. The highest BCUT2D eigenvalue weighted by Gasteiger charge is 2.15. The number of para-hydroxylation sites is 1. The average molecular weight is 339 g/mol. The fourth-order valence-corrected chi connectivity index (χ4v) is 3.00. The molecule has 124 valence electrons. The van der Waals surface area contributed by atoms with Crippen molar-refractivity contribution in [3.63, 3.8) is 0 Å². The first kappa shape index (κ1) is 16.5. The van der Waals surface area contributed by atoms with Crippen molar-refractivity contribution in [1.29, 1.82) is 0 Å². The Hall–Kier alpha value is -2.40. The van der Waals surface area contributed by atoms with Crippen molar-refractivity contribution in [3.05, 3.63) is 54.9 Å². The number of thioether (sulfide) groups is 1. The zero-order valence-electron chi connectivity index (χ0n) is 13.9. The average Bonchev–Trinajstić information content (AvgIpc) is 3.16. The molecule has 0 radical (unpaired) electrons. The van der Waals surface area contributed by atoms with Crippen molar-refractivity contribution >= 4 is 17.4 Å². The van der Waals surface area contributed by atoms with Crippen LogP contribution in [0.5, 0.6) is 11.5 Å². The molecule has 3 rings (SSSR count). The van der Waals surface area contributed by atoms with Gasteiger partial charge in [-0.15, -0.1) is 11.8 Å². The monoisotopic (exact) mass is 339 g/mol. The fourth-order valence-electron chi connectivity index (χ4n) is 2.42. The molecule has 0 unspecified atom stereocenters. The molecule has 0 spiro atoms. The standard InChI is InChI=1S/C19H21N3OS/c1-3-9-20-16-12-14(19-21-10-11-22-19)13-17(24-2)18(16)23-15-7-5-4-6-8-15/h4-8,10-13,20H,3,9H2,1-2H3,(H,21,22). The molecular weight excluding hydrogens is 318 g/mol. The minimum Gasteiger partial charge on any atom is -0.454 e. The minimum absolute atomic E-state index is 0.832. The zero-order chi connectivity index (χ0) is 16.8. The Kier molecular flexibility index (Phi) is 5.43. The molecule has 0 aliphatic rings. The Morgan fingerprint density at radius 2 is 2.04 bits per heavy atom. The van der Waals surface area contributed by atoms with Crippen LogP contribution in [-0.4, -0.2) is 22.8 Å². The summed E-state index contributed by atoms with van der Waals surface area (Å²) in [7, 11) is 0. The highest BCUT2D eigenvalue weighted by atomic mass is 32.2. The molecule has 0 atom stereocenters. The van der Waals surface area contributed by atoms with Crippen molar-refractivity contribution in [1.82, 2.24) is 9.97 Å². The molecule has 4 nitrogen and oxygen atoms in total. The van der Waals surface area contributed by atoms with Gasteiger partial charge in [0, 0.05) is 24.5 Å². The van der Waals surface area contributed by atoms with Crippen LogP contribution in [0.1, 0.15) is 13.3 Å². The van der Waals surface area contributed by atoms with Gasteiger partial charge >= 0.3 is 0 Å². The summed E-state index contributed by atoms with van der Waals surface area (Å²) in [6, 6.07) is 14.1. The van der Waals surface area contributed by atoms with Crippen LogP contribution in [0.2, 0.25) is 0 Å². The van der Waals surface area contributed by atoms with Crippen LogP contribution in [0.4, 0.5) is 5.69 Å². The quantitative estimate of drug-likeness (QED) is 0.565. The van der Waals surface area contributed by atoms with Gasteiger partial charge in [-0.1, -0.05) is 25.1 Å². The number of rotatable bonds is 7. The summed E-state index contributed by atoms with van der Waals surface area (Å²) in [4.78, 5) is 8.61. The molecule has 2 N–H and O–H groups in total. The lowest BCUT2D eigenvalue weighted by Gasteiger charge is -2.17. The lowest BCUT2D eigenvalue weighted by atomic mass is 10.1. The molecule has 24 heavy (non-hydrogen) atoms. The normalized spacial score (nSPS) is 10.6. The number of hydrogen-bond donors (Lipinski definition) is 2. The van der Waals surface area contributed by atoms with Crippen LogP contribution in [-0.2, 0) is 0 Å². The second-order valence-electron chi connectivity index (χ2n) is 5.33. The van der Waals surface area contributed by atoms with E-state index in [1.807, 2.05) is 36.5 Å². The van der Waals surface area contributed by atoms with Crippen LogP contribution in [0, 0.1) is 0 Å². The highest BCUT2D eigenvalue weighted by molar-refractivity contribution is 7.98. The summed E-state index contributed by atoms with van der Waals surface area (Å²) in [5.41, 5.74) is 2.03. The van der Waals surface area contributed by atoms with Crippen molar-refractivity contribution in [2.75, 3.05) is 18.1 Å². The fraction of sp³-hybridized carbons (Fsp3) is 0.211. The van der Waals surface area contributed by atoms with Crippen LogP contribution in [0.25, 0.3) is 11.4 Å². The first-order chi connectivity index (χ1) is 11.8. The zero-order valence-corrected chi connectivity index (χ0v) is 14.7. The Morgan fingerprint density at radius 1 is 1.21 bits per heavy atom. The molecule has 2 aromatic carbocycles. The molecule has 5 heteroatoms. The third kappa shape index (κ3) is 3.74. The van der Waals surface area contributed by atoms with Crippen LogP contribution < -0.4 is 10.1 Å². The molecule has 1 aromatic heterocycles. The summed E-state index contributed by atoms with van der Waals surface area (Å²) < 4.78 is 6.19. The number of nitrogens with one attached hydrogen (secondary N) is 2. The van der Waals surface area contributed by atoms with E-state index < -0.39 is 0 Å². The lowest BCUT2D eigenvalue weighted by Crippen LogP contribution is -2.03. The molecule has 0 saturated heterocycles. The van der Waals surface area contributed by atoms with E-state index in [2.05, 4.69) is 40.6 Å². The topological polar surface area (TPSA) is 49.9 Å². The number of aromatic nitrogens is 2. The van der Waals surface area contributed by atoms with Crippen LogP contribution in [0.15, 0.2) is 59.8 Å². The van der Waals surface area contributed by atoms with Crippen molar-refractivity contribution < 1.29 is 4.74 Å². The second kappa shape index (κ2) is 7.93. The maximum Gasteiger partial charge on any atom is 0.164 e. The largest absolute Gasteiger partial charge is 0.454 e. The van der Waals surface area contributed by atoms with E-state index in [1.165, 1.54) is 0 Å². The third-order valence-corrected chi connectivity index (χ3v) is 4.32. The number of imidazole rings is 1. The molecule has 0 fully saturated rings. The molecule has 0 saturated carbocycles. The van der Waals surface area contributed by atoms with Gasteiger partial charge in [0.2, 0.25) is 0 Å². The van der Waals surface area contributed by atoms with Gasteiger partial charge in [0.25, 0.3) is 0 Å². The number of benzene rings is 2. The summed E-state index contributed by atoms with van der Waals surface area (Å²) in [5.74, 6) is 2.55. The van der Waals surface area contributed by atoms with Crippen LogP contribution >= 0.6 is 11.8 Å². The first-order valence-electron chi connectivity index (χ1n) is 8.00. The highest BCUT2D eigenvalue weighted by Crippen LogP contribution is 2.41. The van der Waals surface area contributed by atoms with E-state index in [-0.39, 0.29) is 0 Å². The van der Waals surface area contributed by atoms with Gasteiger partial charge in [-0.05, 0) is 36.9 Å². The Bertz CT molecular complexity index is 773. The molecule has 3 aromatic rings. The lowest BCUT2D eigenvalue weighted by molar-refractivity contribution is 0.473. The maximum atomic E-state index is 6.19. The van der Waals surface area contributed by atoms with E-state index in [9.17, 15) is 0 Å². The Labute approximate surface area is 146 Å². The number of anilines is 1. The third-order valence-electron chi connectivity index (χ3n) is 3.57. The van der Waals surface area contributed by atoms with Gasteiger partial charge in [0.1, 0.15) is 11.6 Å². The smallest absolute Gasteiger partial charge is 0.164 e. The van der Waals surface area contributed by atoms with Gasteiger partial charge < -0.3 is 15.0 Å². The molecule has 0 bridgehead atoms. The predicted octanol–water partition coefficient (Wildman–Crippen LogP) is 5.41. The van der Waals surface area contributed by atoms with E-state index in [0.29, 0.717) is 0 Å².